The third-order valence-corrected chi connectivity index (χ3v) is 8.46. The molecule has 1 aliphatic heterocycles. The molecule has 2 amide bonds. The summed E-state index contributed by atoms with van der Waals surface area (Å²) in [5.74, 6) is 0.735. The van der Waals surface area contributed by atoms with Crippen molar-refractivity contribution in [3.8, 4) is 0 Å². The van der Waals surface area contributed by atoms with Crippen LogP contribution in [0.25, 0.3) is 0 Å². The molecule has 2 fully saturated rings. The third kappa shape index (κ3) is 5.62. The molecule has 178 valence electrons. The van der Waals surface area contributed by atoms with E-state index in [1.165, 1.54) is 67.6 Å². The van der Waals surface area contributed by atoms with Gasteiger partial charge >= 0.3 is 0 Å². The molecule has 2 heterocycles. The summed E-state index contributed by atoms with van der Waals surface area (Å²) in [4.78, 5) is 25.8. The monoisotopic (exact) mass is 473 g/mol. The van der Waals surface area contributed by atoms with Crippen molar-refractivity contribution in [2.45, 2.75) is 50.3 Å². The van der Waals surface area contributed by atoms with E-state index in [2.05, 4.69) is 15.5 Å². The van der Waals surface area contributed by atoms with Crippen LogP contribution in [0.3, 0.4) is 0 Å². The smallest absolute Gasteiger partial charge is 0.256 e. The van der Waals surface area contributed by atoms with Crippen molar-refractivity contribution in [1.29, 1.82) is 0 Å². The SMILES string of the molecule is CC(=O)N1CCN(S(=O)(=O)c2ccc(C(=O)Nc3cc(CC4CCCCC4)[nH]n3)cc2)CC1. The molecule has 1 aromatic carbocycles. The molecule has 0 bridgehead atoms. The van der Waals surface area contributed by atoms with E-state index in [0.717, 1.165) is 12.1 Å². The fourth-order valence-electron chi connectivity index (χ4n) is 4.59. The summed E-state index contributed by atoms with van der Waals surface area (Å²) in [5.41, 5.74) is 1.37. The predicted octanol–water partition coefficient (Wildman–Crippen LogP) is 2.64. The second-order valence-electron chi connectivity index (χ2n) is 8.88. The molecule has 0 unspecified atom stereocenters. The zero-order chi connectivity index (χ0) is 23.4. The number of sulfonamides is 1. The maximum atomic E-state index is 12.9. The largest absolute Gasteiger partial charge is 0.340 e. The van der Waals surface area contributed by atoms with Crippen molar-refractivity contribution in [2.24, 2.45) is 5.92 Å². The normalized spacial score (nSPS) is 18.3. The van der Waals surface area contributed by atoms with Crippen LogP contribution in [0.2, 0.25) is 0 Å². The summed E-state index contributed by atoms with van der Waals surface area (Å²) in [6.07, 6.45) is 7.30. The molecule has 2 aliphatic rings. The number of rotatable bonds is 6. The second-order valence-corrected chi connectivity index (χ2v) is 10.8. The Bertz CT molecular complexity index is 1080. The zero-order valence-corrected chi connectivity index (χ0v) is 19.7. The average molecular weight is 474 g/mol. The fraction of sp³-hybridized carbons (Fsp3) is 0.522. The predicted molar refractivity (Wildman–Crippen MR) is 124 cm³/mol. The highest BCUT2D eigenvalue weighted by molar-refractivity contribution is 7.89. The first kappa shape index (κ1) is 23.4. The van der Waals surface area contributed by atoms with Crippen LogP contribution in [0, 0.1) is 5.92 Å². The topological polar surface area (TPSA) is 115 Å². The van der Waals surface area contributed by atoms with E-state index in [9.17, 15) is 18.0 Å². The molecule has 1 aromatic heterocycles. The number of carbonyl (C=O) groups is 2. The van der Waals surface area contributed by atoms with E-state index in [0.29, 0.717) is 30.4 Å². The van der Waals surface area contributed by atoms with Crippen LogP contribution < -0.4 is 5.32 Å². The van der Waals surface area contributed by atoms with E-state index in [1.54, 1.807) is 4.90 Å². The lowest BCUT2D eigenvalue weighted by Gasteiger charge is -2.33. The third-order valence-electron chi connectivity index (χ3n) is 6.54. The minimum atomic E-state index is -3.68. The van der Waals surface area contributed by atoms with E-state index in [4.69, 9.17) is 0 Å². The van der Waals surface area contributed by atoms with Gasteiger partial charge in [0.2, 0.25) is 15.9 Å². The van der Waals surface area contributed by atoms with Crippen LogP contribution in [-0.2, 0) is 21.2 Å². The first-order valence-electron chi connectivity index (χ1n) is 11.5. The molecule has 10 heteroatoms. The molecule has 1 saturated carbocycles. The molecule has 4 rings (SSSR count). The van der Waals surface area contributed by atoms with Gasteiger partial charge in [-0.1, -0.05) is 32.1 Å². The maximum absolute atomic E-state index is 12.9. The summed E-state index contributed by atoms with van der Waals surface area (Å²) >= 11 is 0. The van der Waals surface area contributed by atoms with Gasteiger partial charge in [0.05, 0.1) is 4.90 Å². The number of aromatic nitrogens is 2. The van der Waals surface area contributed by atoms with Crippen LogP contribution >= 0.6 is 0 Å². The Morgan fingerprint density at radius 3 is 2.36 bits per heavy atom. The van der Waals surface area contributed by atoms with Gasteiger partial charge in [-0.15, -0.1) is 0 Å². The summed E-state index contributed by atoms with van der Waals surface area (Å²) in [5, 5.41) is 9.98. The van der Waals surface area contributed by atoms with Gasteiger partial charge in [-0.25, -0.2) is 8.42 Å². The Morgan fingerprint density at radius 2 is 1.73 bits per heavy atom. The lowest BCUT2D eigenvalue weighted by Crippen LogP contribution is -2.49. The summed E-state index contributed by atoms with van der Waals surface area (Å²) in [6.45, 7) is 2.75. The Kier molecular flexibility index (Phi) is 7.14. The number of anilines is 1. The van der Waals surface area contributed by atoms with Gasteiger partial charge in [0, 0.05) is 50.4 Å². The van der Waals surface area contributed by atoms with Crippen LogP contribution in [0.1, 0.15) is 55.1 Å². The van der Waals surface area contributed by atoms with Crippen LogP contribution in [-0.4, -0.2) is 65.8 Å². The number of benzene rings is 1. The van der Waals surface area contributed by atoms with Crippen LogP contribution in [0.15, 0.2) is 35.2 Å². The Hall–Kier alpha value is -2.72. The number of carbonyl (C=O) groups excluding carboxylic acids is 2. The Balaban J connectivity index is 1.35. The first-order chi connectivity index (χ1) is 15.8. The first-order valence-corrected chi connectivity index (χ1v) is 13.0. The van der Waals surface area contributed by atoms with Gasteiger partial charge in [-0.2, -0.15) is 9.40 Å². The van der Waals surface area contributed by atoms with Crippen molar-refractivity contribution < 1.29 is 18.0 Å². The number of hydrogen-bond donors (Lipinski definition) is 2. The minimum absolute atomic E-state index is 0.0552. The van der Waals surface area contributed by atoms with E-state index >= 15 is 0 Å². The standard InChI is InChI=1S/C23H31N5O4S/c1-17(29)27-11-13-28(14-12-27)33(31,32)21-9-7-19(8-10-21)23(30)24-22-16-20(25-26-22)15-18-5-3-2-4-6-18/h7-10,16,18H,2-6,11-15H2,1H3,(H2,24,25,26,30). The number of H-pyrrole nitrogens is 1. The van der Waals surface area contributed by atoms with Crippen LogP contribution in [0.4, 0.5) is 5.82 Å². The highest BCUT2D eigenvalue weighted by Crippen LogP contribution is 2.27. The molecule has 1 aliphatic carbocycles. The van der Waals surface area contributed by atoms with Crippen molar-refractivity contribution in [3.63, 3.8) is 0 Å². The lowest BCUT2D eigenvalue weighted by atomic mass is 9.86. The number of nitrogens with zero attached hydrogens (tertiary/aromatic N) is 3. The van der Waals surface area contributed by atoms with Gasteiger partial charge in [0.25, 0.3) is 5.91 Å². The summed E-state index contributed by atoms with van der Waals surface area (Å²) in [7, 11) is -3.68. The molecule has 0 atom stereocenters. The maximum Gasteiger partial charge on any atom is 0.256 e. The van der Waals surface area contributed by atoms with Crippen LogP contribution in [0.5, 0.6) is 0 Å². The van der Waals surface area contributed by atoms with Crippen molar-refractivity contribution >= 4 is 27.7 Å². The highest BCUT2D eigenvalue weighted by Gasteiger charge is 2.29. The molecule has 33 heavy (non-hydrogen) atoms. The number of amides is 2. The zero-order valence-electron chi connectivity index (χ0n) is 18.9. The molecule has 0 spiro atoms. The van der Waals surface area contributed by atoms with Gasteiger partial charge in [-0.05, 0) is 36.6 Å². The number of piperazine rings is 1. The molecule has 0 radical (unpaired) electrons. The summed E-state index contributed by atoms with van der Waals surface area (Å²) < 4.78 is 27.2. The fourth-order valence-corrected chi connectivity index (χ4v) is 6.01. The van der Waals surface area contributed by atoms with E-state index < -0.39 is 10.0 Å². The molecular weight excluding hydrogens is 442 g/mol. The molecular formula is C23H31N5O4S. The lowest BCUT2D eigenvalue weighted by molar-refractivity contribution is -0.129. The van der Waals surface area contributed by atoms with Crippen molar-refractivity contribution in [3.05, 3.63) is 41.6 Å². The van der Waals surface area contributed by atoms with E-state index in [-0.39, 0.29) is 29.8 Å². The van der Waals surface area contributed by atoms with Crippen molar-refractivity contribution in [2.75, 3.05) is 31.5 Å². The average Bonchev–Trinajstić information content (AvgIpc) is 3.26. The second kappa shape index (κ2) is 10.0. The van der Waals surface area contributed by atoms with Gasteiger partial charge < -0.3 is 10.2 Å². The molecule has 2 N–H and O–H groups in total. The Morgan fingerprint density at radius 1 is 1.06 bits per heavy atom. The van der Waals surface area contributed by atoms with Gasteiger partial charge in [0.15, 0.2) is 5.82 Å². The minimum Gasteiger partial charge on any atom is -0.340 e. The van der Waals surface area contributed by atoms with E-state index in [1.807, 2.05) is 6.07 Å². The van der Waals surface area contributed by atoms with Gasteiger partial charge in [-0.3, -0.25) is 14.7 Å². The van der Waals surface area contributed by atoms with Crippen molar-refractivity contribution in [1.82, 2.24) is 19.4 Å². The highest BCUT2D eigenvalue weighted by atomic mass is 32.2. The molecule has 2 aromatic rings. The number of nitrogens with one attached hydrogen (secondary N) is 2. The number of aromatic amines is 1. The molecule has 1 saturated heterocycles. The summed E-state index contributed by atoms with van der Waals surface area (Å²) in [6, 6.07) is 7.76. The number of hydrogen-bond acceptors (Lipinski definition) is 5. The Labute approximate surface area is 194 Å². The molecule has 9 nitrogen and oxygen atoms in total. The van der Waals surface area contributed by atoms with Gasteiger partial charge in [0.1, 0.15) is 0 Å². The quantitative estimate of drug-likeness (QED) is 0.669.